The van der Waals surface area contributed by atoms with Gasteiger partial charge in [0, 0.05) is 23.9 Å². The smallest absolute Gasteiger partial charge is 0.0950 e. The van der Waals surface area contributed by atoms with Crippen molar-refractivity contribution in [2.24, 2.45) is 0 Å². The second-order valence-corrected chi connectivity index (χ2v) is 5.90. The summed E-state index contributed by atoms with van der Waals surface area (Å²) in [4.78, 5) is 4.45. The first-order valence-electron chi connectivity index (χ1n) is 7.67. The van der Waals surface area contributed by atoms with Gasteiger partial charge in [0.1, 0.15) is 0 Å². The van der Waals surface area contributed by atoms with E-state index < -0.39 is 0 Å². The lowest BCUT2D eigenvalue weighted by Gasteiger charge is -2.27. The van der Waals surface area contributed by atoms with Crippen LogP contribution in [0, 0.1) is 0 Å². The van der Waals surface area contributed by atoms with Crippen molar-refractivity contribution in [3.8, 4) is 0 Å². The highest BCUT2D eigenvalue weighted by molar-refractivity contribution is 5.09. The van der Waals surface area contributed by atoms with Crippen molar-refractivity contribution < 1.29 is 0 Å². The van der Waals surface area contributed by atoms with Crippen LogP contribution in [0.3, 0.4) is 0 Å². The predicted molar refractivity (Wildman–Crippen MR) is 73.8 cm³/mol. The molecule has 1 aliphatic carbocycles. The molecule has 1 N–H and O–H groups in total. The largest absolute Gasteiger partial charge is 0.331 e. The summed E-state index contributed by atoms with van der Waals surface area (Å²) in [6.45, 7) is 2.33. The number of imidazole rings is 1. The van der Waals surface area contributed by atoms with Gasteiger partial charge in [-0.3, -0.25) is 0 Å². The van der Waals surface area contributed by atoms with E-state index in [1.165, 1.54) is 70.2 Å². The third-order valence-electron chi connectivity index (χ3n) is 4.67. The molecule has 0 amide bonds. The Morgan fingerprint density at radius 2 is 1.72 bits per heavy atom. The fourth-order valence-corrected chi connectivity index (χ4v) is 3.59. The molecule has 18 heavy (non-hydrogen) atoms. The summed E-state index contributed by atoms with van der Waals surface area (Å²) in [6, 6.07) is 0.722. The highest BCUT2D eigenvalue weighted by Crippen LogP contribution is 2.32. The lowest BCUT2D eigenvalue weighted by Crippen LogP contribution is -2.28. The zero-order valence-electron chi connectivity index (χ0n) is 11.3. The molecule has 0 unspecified atom stereocenters. The maximum atomic E-state index is 4.45. The lowest BCUT2D eigenvalue weighted by atomic mass is 9.94. The van der Waals surface area contributed by atoms with Crippen LogP contribution in [0.1, 0.15) is 69.0 Å². The topological polar surface area (TPSA) is 29.9 Å². The number of nitrogens with zero attached hydrogens (tertiary/aromatic N) is 2. The minimum atomic E-state index is 0.722. The van der Waals surface area contributed by atoms with E-state index >= 15 is 0 Å². The van der Waals surface area contributed by atoms with Gasteiger partial charge in [-0.1, -0.05) is 25.7 Å². The molecule has 1 aliphatic heterocycles. The molecule has 0 atom stereocenters. The fourth-order valence-electron chi connectivity index (χ4n) is 3.59. The van der Waals surface area contributed by atoms with Crippen molar-refractivity contribution in [1.29, 1.82) is 0 Å². The van der Waals surface area contributed by atoms with Crippen molar-refractivity contribution in [3.63, 3.8) is 0 Å². The van der Waals surface area contributed by atoms with Crippen molar-refractivity contribution in [2.75, 3.05) is 13.1 Å². The summed E-state index contributed by atoms with van der Waals surface area (Å²) in [5.41, 5.74) is 1.50. The van der Waals surface area contributed by atoms with E-state index in [-0.39, 0.29) is 0 Å². The Kier molecular flexibility index (Phi) is 3.99. The lowest BCUT2D eigenvalue weighted by molar-refractivity contribution is 0.390. The van der Waals surface area contributed by atoms with Crippen molar-refractivity contribution in [3.05, 3.63) is 18.2 Å². The Morgan fingerprint density at radius 3 is 2.44 bits per heavy atom. The molecule has 1 aromatic heterocycles. The Labute approximate surface area is 110 Å². The number of rotatable bonds is 2. The average molecular weight is 247 g/mol. The highest BCUT2D eigenvalue weighted by Gasteiger charge is 2.22. The molecule has 3 rings (SSSR count). The molecule has 1 saturated carbocycles. The van der Waals surface area contributed by atoms with E-state index in [0.29, 0.717) is 0 Å². The predicted octanol–water partition coefficient (Wildman–Crippen LogP) is 3.25. The van der Waals surface area contributed by atoms with Gasteiger partial charge >= 0.3 is 0 Å². The van der Waals surface area contributed by atoms with Gasteiger partial charge in [0.25, 0.3) is 0 Å². The summed E-state index contributed by atoms with van der Waals surface area (Å²) in [7, 11) is 0. The summed E-state index contributed by atoms with van der Waals surface area (Å²) < 4.78 is 2.52. The molecule has 2 aliphatic rings. The number of piperidine rings is 1. The van der Waals surface area contributed by atoms with E-state index in [0.717, 1.165) is 12.0 Å². The average Bonchev–Trinajstić information content (AvgIpc) is 2.75. The molecule has 0 radical (unpaired) electrons. The van der Waals surface area contributed by atoms with E-state index in [4.69, 9.17) is 0 Å². The number of aromatic nitrogens is 2. The first-order chi connectivity index (χ1) is 8.95. The minimum Gasteiger partial charge on any atom is -0.331 e. The first-order valence-corrected chi connectivity index (χ1v) is 7.67. The van der Waals surface area contributed by atoms with Crippen LogP contribution in [-0.2, 0) is 0 Å². The minimum absolute atomic E-state index is 0.722. The van der Waals surface area contributed by atoms with Gasteiger partial charge in [0.2, 0.25) is 0 Å². The van der Waals surface area contributed by atoms with Gasteiger partial charge in [-0.15, -0.1) is 0 Å². The summed E-state index contributed by atoms with van der Waals surface area (Å²) in [5.74, 6) is 0.733. The van der Waals surface area contributed by atoms with E-state index in [9.17, 15) is 0 Å². The van der Waals surface area contributed by atoms with Crippen LogP contribution in [0.2, 0.25) is 0 Å². The zero-order chi connectivity index (χ0) is 12.2. The molecule has 100 valence electrons. The van der Waals surface area contributed by atoms with Gasteiger partial charge in [0.05, 0.1) is 6.33 Å². The molecule has 3 nitrogen and oxygen atoms in total. The second-order valence-electron chi connectivity index (χ2n) is 5.90. The third kappa shape index (κ3) is 2.61. The molecule has 2 heterocycles. The van der Waals surface area contributed by atoms with Crippen molar-refractivity contribution in [2.45, 2.75) is 63.3 Å². The first kappa shape index (κ1) is 12.2. The van der Waals surface area contributed by atoms with E-state index in [2.05, 4.69) is 27.4 Å². The van der Waals surface area contributed by atoms with E-state index in [1.807, 2.05) is 0 Å². The molecular formula is C15H25N3. The summed E-state index contributed by atoms with van der Waals surface area (Å²) in [5, 5.41) is 3.46. The monoisotopic (exact) mass is 247 g/mol. The molecule has 0 bridgehead atoms. The molecule has 2 fully saturated rings. The number of hydrogen-bond acceptors (Lipinski definition) is 2. The quantitative estimate of drug-likeness (QED) is 0.813. The molecule has 1 aromatic rings. The van der Waals surface area contributed by atoms with E-state index in [1.54, 1.807) is 0 Å². The van der Waals surface area contributed by atoms with Crippen LogP contribution in [0.15, 0.2) is 12.5 Å². The third-order valence-corrected chi connectivity index (χ3v) is 4.67. The summed E-state index contributed by atoms with van der Waals surface area (Å²) in [6.07, 6.45) is 15.1. The van der Waals surface area contributed by atoms with Crippen LogP contribution in [0.4, 0.5) is 0 Å². The summed E-state index contributed by atoms with van der Waals surface area (Å²) >= 11 is 0. The second kappa shape index (κ2) is 5.87. The Hall–Kier alpha value is -0.830. The SMILES string of the molecule is c1ncn(C2CCCCCC2)c1C1CCNCC1. The molecule has 3 heteroatoms. The maximum absolute atomic E-state index is 4.45. The fraction of sp³-hybridized carbons (Fsp3) is 0.800. The molecule has 0 spiro atoms. The molecule has 1 saturated heterocycles. The molecule has 0 aromatic carbocycles. The van der Waals surface area contributed by atoms with Gasteiger partial charge in [0.15, 0.2) is 0 Å². The van der Waals surface area contributed by atoms with Crippen molar-refractivity contribution in [1.82, 2.24) is 14.9 Å². The zero-order valence-corrected chi connectivity index (χ0v) is 11.3. The van der Waals surface area contributed by atoms with Crippen LogP contribution >= 0.6 is 0 Å². The van der Waals surface area contributed by atoms with Crippen LogP contribution in [0.25, 0.3) is 0 Å². The standard InChI is InChI=1S/C15H25N3/c1-2-4-6-14(5-3-1)18-12-17-11-15(18)13-7-9-16-10-8-13/h11-14,16H,1-10H2. The highest BCUT2D eigenvalue weighted by atomic mass is 15.1. The van der Waals surface area contributed by atoms with Gasteiger partial charge in [-0.2, -0.15) is 0 Å². The number of hydrogen-bond donors (Lipinski definition) is 1. The normalized spacial score (nSPS) is 24.0. The Bertz CT molecular complexity index is 358. The van der Waals surface area contributed by atoms with Gasteiger partial charge in [-0.05, 0) is 38.8 Å². The molecular weight excluding hydrogens is 222 g/mol. The number of nitrogens with one attached hydrogen (secondary N) is 1. The van der Waals surface area contributed by atoms with Gasteiger partial charge < -0.3 is 9.88 Å². The maximum Gasteiger partial charge on any atom is 0.0950 e. The van der Waals surface area contributed by atoms with Crippen LogP contribution < -0.4 is 5.32 Å². The van der Waals surface area contributed by atoms with Crippen LogP contribution in [-0.4, -0.2) is 22.6 Å². The Morgan fingerprint density at radius 1 is 1.00 bits per heavy atom. The van der Waals surface area contributed by atoms with Gasteiger partial charge in [-0.25, -0.2) is 4.98 Å². The van der Waals surface area contributed by atoms with Crippen LogP contribution in [0.5, 0.6) is 0 Å². The van der Waals surface area contributed by atoms with Crippen molar-refractivity contribution >= 4 is 0 Å². The Balaban J connectivity index is 1.76.